The predicted molar refractivity (Wildman–Crippen MR) is 73.0 cm³/mol. The molecule has 0 saturated carbocycles. The molecule has 1 aliphatic rings. The second-order valence-electron chi connectivity index (χ2n) is 4.97. The molecule has 23 heavy (non-hydrogen) atoms. The van der Waals surface area contributed by atoms with Crippen LogP contribution in [0, 0.1) is 0 Å². The van der Waals surface area contributed by atoms with E-state index in [2.05, 4.69) is 0 Å². The van der Waals surface area contributed by atoms with Gasteiger partial charge >= 0.3 is 23.9 Å². The minimum absolute atomic E-state index is 0.193. The van der Waals surface area contributed by atoms with Gasteiger partial charge in [-0.1, -0.05) is 0 Å². The summed E-state index contributed by atoms with van der Waals surface area (Å²) in [5.41, 5.74) is 0. The molecule has 1 saturated heterocycles. The van der Waals surface area contributed by atoms with E-state index in [4.69, 9.17) is 23.7 Å². The van der Waals surface area contributed by atoms with Crippen LogP contribution in [-0.2, 0) is 42.9 Å². The molecule has 0 aromatic carbocycles. The molecule has 0 aromatic heterocycles. The molecule has 1 heterocycles. The Labute approximate surface area is 133 Å². The Morgan fingerprint density at radius 1 is 0.696 bits per heavy atom. The van der Waals surface area contributed by atoms with Gasteiger partial charge in [0.05, 0.1) is 0 Å². The fourth-order valence-corrected chi connectivity index (χ4v) is 2.14. The summed E-state index contributed by atoms with van der Waals surface area (Å²) >= 11 is 0. The Morgan fingerprint density at radius 2 is 1.04 bits per heavy atom. The van der Waals surface area contributed by atoms with Crippen molar-refractivity contribution in [1.82, 2.24) is 0 Å². The van der Waals surface area contributed by atoms with Crippen LogP contribution in [0.4, 0.5) is 0 Å². The third-order valence-electron chi connectivity index (χ3n) is 2.91. The first-order valence-corrected chi connectivity index (χ1v) is 6.97. The Balaban J connectivity index is 2.91. The second kappa shape index (κ2) is 8.47. The van der Waals surface area contributed by atoms with Gasteiger partial charge in [0.2, 0.25) is 0 Å². The van der Waals surface area contributed by atoms with E-state index in [1.54, 1.807) is 0 Å². The third-order valence-corrected chi connectivity index (χ3v) is 2.91. The molecule has 4 unspecified atom stereocenters. The number of hydrogen-bond donors (Lipinski definition) is 0. The molecular weight excluding hydrogens is 312 g/mol. The van der Waals surface area contributed by atoms with E-state index >= 15 is 0 Å². The van der Waals surface area contributed by atoms with Crippen LogP contribution in [0.15, 0.2) is 0 Å². The molecule has 0 amide bonds. The van der Waals surface area contributed by atoms with Gasteiger partial charge in [0, 0.05) is 27.7 Å². The molecule has 0 radical (unpaired) electrons. The van der Waals surface area contributed by atoms with Gasteiger partial charge in [0.1, 0.15) is 25.4 Å². The quantitative estimate of drug-likeness (QED) is 0.479. The first-order chi connectivity index (χ1) is 10.7. The van der Waals surface area contributed by atoms with Crippen molar-refractivity contribution in [2.45, 2.75) is 52.1 Å². The summed E-state index contributed by atoms with van der Waals surface area (Å²) in [5, 5.41) is 0. The van der Waals surface area contributed by atoms with Crippen LogP contribution in [0.2, 0.25) is 0 Å². The zero-order valence-corrected chi connectivity index (χ0v) is 13.4. The largest absolute Gasteiger partial charge is 0.463 e. The molecule has 0 bridgehead atoms. The molecule has 1 aliphatic heterocycles. The standard InChI is InChI=1S/C14H20O9/c1-7(15)19-5-11-13(21-9(3)17)14(22-10(4)18)12(23-11)6-20-8(2)16/h11-14H,5-6H2,1-4H3. The van der Waals surface area contributed by atoms with Crippen molar-refractivity contribution >= 4 is 23.9 Å². The van der Waals surface area contributed by atoms with Crippen LogP contribution >= 0.6 is 0 Å². The Morgan fingerprint density at radius 3 is 1.30 bits per heavy atom. The fourth-order valence-electron chi connectivity index (χ4n) is 2.14. The van der Waals surface area contributed by atoms with Crippen molar-refractivity contribution in [2.75, 3.05) is 13.2 Å². The minimum Gasteiger partial charge on any atom is -0.463 e. The number of esters is 4. The zero-order valence-electron chi connectivity index (χ0n) is 13.4. The van der Waals surface area contributed by atoms with Crippen molar-refractivity contribution in [3.05, 3.63) is 0 Å². The van der Waals surface area contributed by atoms with E-state index in [9.17, 15) is 19.2 Å². The lowest BCUT2D eigenvalue weighted by Crippen LogP contribution is -2.42. The molecule has 9 nitrogen and oxygen atoms in total. The normalized spacial score (nSPS) is 26.3. The lowest BCUT2D eigenvalue weighted by atomic mass is 10.1. The van der Waals surface area contributed by atoms with Gasteiger partial charge in [-0.05, 0) is 0 Å². The smallest absolute Gasteiger partial charge is 0.303 e. The summed E-state index contributed by atoms with van der Waals surface area (Å²) in [6.45, 7) is 4.43. The highest BCUT2D eigenvalue weighted by molar-refractivity contribution is 5.68. The van der Waals surface area contributed by atoms with Crippen molar-refractivity contribution in [2.24, 2.45) is 0 Å². The van der Waals surface area contributed by atoms with Crippen LogP contribution in [-0.4, -0.2) is 61.5 Å². The molecule has 9 heteroatoms. The molecule has 130 valence electrons. The molecule has 1 rings (SSSR count). The lowest BCUT2D eigenvalue weighted by Gasteiger charge is -2.23. The Hall–Kier alpha value is -2.16. The minimum atomic E-state index is -0.976. The molecular formula is C14H20O9. The van der Waals surface area contributed by atoms with Crippen molar-refractivity contribution in [3.8, 4) is 0 Å². The summed E-state index contributed by atoms with van der Waals surface area (Å²) in [5.74, 6) is -2.31. The fraction of sp³-hybridized carbons (Fsp3) is 0.714. The molecule has 0 aliphatic carbocycles. The zero-order chi connectivity index (χ0) is 17.6. The summed E-state index contributed by atoms with van der Waals surface area (Å²) < 4.78 is 25.6. The topological polar surface area (TPSA) is 114 Å². The van der Waals surface area contributed by atoms with Gasteiger partial charge in [-0.15, -0.1) is 0 Å². The highest BCUT2D eigenvalue weighted by atomic mass is 16.7. The van der Waals surface area contributed by atoms with Crippen molar-refractivity contribution in [1.29, 1.82) is 0 Å². The SMILES string of the molecule is CC(=O)OCC1OC(COC(C)=O)C(OC(C)=O)C1OC(C)=O. The van der Waals surface area contributed by atoms with E-state index < -0.39 is 48.3 Å². The lowest BCUT2D eigenvalue weighted by molar-refractivity contribution is -0.166. The summed E-state index contributed by atoms with van der Waals surface area (Å²) in [4.78, 5) is 44.4. The summed E-state index contributed by atoms with van der Waals surface area (Å²) in [6.07, 6.45) is -3.63. The Bertz CT molecular complexity index is 431. The van der Waals surface area contributed by atoms with Gasteiger partial charge in [-0.25, -0.2) is 0 Å². The van der Waals surface area contributed by atoms with E-state index in [-0.39, 0.29) is 13.2 Å². The van der Waals surface area contributed by atoms with Crippen LogP contribution in [0.1, 0.15) is 27.7 Å². The summed E-state index contributed by atoms with van der Waals surface area (Å²) in [6, 6.07) is 0. The highest BCUT2D eigenvalue weighted by Crippen LogP contribution is 2.28. The highest BCUT2D eigenvalue weighted by Gasteiger charge is 2.49. The maximum atomic E-state index is 11.3. The van der Waals surface area contributed by atoms with Crippen LogP contribution in [0.3, 0.4) is 0 Å². The Kier molecular flexibility index (Phi) is 6.95. The number of carbonyl (C=O) groups is 4. The van der Waals surface area contributed by atoms with Crippen LogP contribution in [0.5, 0.6) is 0 Å². The second-order valence-corrected chi connectivity index (χ2v) is 4.97. The van der Waals surface area contributed by atoms with E-state index in [1.165, 1.54) is 27.7 Å². The monoisotopic (exact) mass is 332 g/mol. The molecule has 4 atom stereocenters. The molecule has 0 N–H and O–H groups in total. The number of carbonyl (C=O) groups excluding carboxylic acids is 4. The van der Waals surface area contributed by atoms with E-state index in [1.807, 2.05) is 0 Å². The van der Waals surface area contributed by atoms with Crippen LogP contribution < -0.4 is 0 Å². The van der Waals surface area contributed by atoms with Gasteiger partial charge in [0.25, 0.3) is 0 Å². The molecule has 0 spiro atoms. The number of rotatable bonds is 6. The maximum absolute atomic E-state index is 11.3. The maximum Gasteiger partial charge on any atom is 0.303 e. The van der Waals surface area contributed by atoms with Gasteiger partial charge in [0.15, 0.2) is 12.2 Å². The molecule has 1 fully saturated rings. The predicted octanol–water partition coefficient (Wildman–Crippen LogP) is -0.257. The van der Waals surface area contributed by atoms with Gasteiger partial charge in [-0.3, -0.25) is 19.2 Å². The number of ether oxygens (including phenoxy) is 5. The first kappa shape index (κ1) is 18.9. The van der Waals surface area contributed by atoms with Crippen molar-refractivity contribution < 1.29 is 42.9 Å². The first-order valence-electron chi connectivity index (χ1n) is 6.97. The van der Waals surface area contributed by atoms with Crippen LogP contribution in [0.25, 0.3) is 0 Å². The van der Waals surface area contributed by atoms with E-state index in [0.717, 1.165) is 0 Å². The van der Waals surface area contributed by atoms with Gasteiger partial charge < -0.3 is 23.7 Å². The summed E-state index contributed by atoms with van der Waals surface area (Å²) in [7, 11) is 0. The van der Waals surface area contributed by atoms with Crippen molar-refractivity contribution in [3.63, 3.8) is 0 Å². The average molecular weight is 332 g/mol. The average Bonchev–Trinajstić information content (AvgIpc) is 2.71. The number of hydrogen-bond acceptors (Lipinski definition) is 9. The van der Waals surface area contributed by atoms with Gasteiger partial charge in [-0.2, -0.15) is 0 Å². The van der Waals surface area contributed by atoms with E-state index in [0.29, 0.717) is 0 Å². The third kappa shape index (κ3) is 6.23. The molecule has 0 aromatic rings.